The molecule has 2 aromatic rings. The van der Waals surface area contributed by atoms with E-state index < -0.39 is 52.4 Å². The van der Waals surface area contributed by atoms with Gasteiger partial charge in [0.05, 0.1) is 19.3 Å². The van der Waals surface area contributed by atoms with Crippen molar-refractivity contribution >= 4 is 26.8 Å². The molecule has 6 N–H and O–H groups in total. The number of hydrogen-bond donors (Lipinski definition) is 6. The van der Waals surface area contributed by atoms with Crippen LogP contribution in [0.2, 0.25) is 0 Å². The highest BCUT2D eigenvalue weighted by atomic mass is 31.3. The molecule has 0 aliphatic carbocycles. The van der Waals surface area contributed by atoms with Gasteiger partial charge in [0, 0.05) is 0 Å². The number of hydrogen-bond acceptors (Lipinski definition) is 10. The Balaban J connectivity index is 1.76. The van der Waals surface area contributed by atoms with Crippen LogP contribution in [-0.2, 0) is 22.7 Å². The number of phosphoric ester groups is 1. The second kappa shape index (κ2) is 7.14. The minimum absolute atomic E-state index is 0.0441. The Kier molecular flexibility index (Phi) is 5.35. The van der Waals surface area contributed by atoms with Crippen LogP contribution in [-0.4, -0.2) is 69.3 Å². The minimum Gasteiger partial charge on any atom is -0.387 e. The maximum absolute atomic E-state index is 11.7. The first-order valence-corrected chi connectivity index (χ1v) is 10.2. The number of phosphoric acid groups is 2. The Morgan fingerprint density at radius 1 is 1.22 bits per heavy atom. The molecule has 150 valence electrons. The number of aliphatic hydroxyl groups excluding tert-OH is 2. The van der Waals surface area contributed by atoms with E-state index in [1.54, 1.807) is 0 Å². The van der Waals surface area contributed by atoms with Gasteiger partial charge in [0.15, 0.2) is 17.4 Å². The largest absolute Gasteiger partial charge is 0.481 e. The van der Waals surface area contributed by atoms with Crippen molar-refractivity contribution in [2.75, 3.05) is 6.61 Å². The van der Waals surface area contributed by atoms with E-state index in [9.17, 15) is 29.0 Å². The van der Waals surface area contributed by atoms with Gasteiger partial charge < -0.3 is 34.6 Å². The number of imidazole rings is 1. The van der Waals surface area contributed by atoms with Gasteiger partial charge in [0.25, 0.3) is 5.56 Å². The van der Waals surface area contributed by atoms with Crippen molar-refractivity contribution in [1.29, 1.82) is 0 Å². The summed E-state index contributed by atoms with van der Waals surface area (Å²) in [6, 6.07) is 0. The first kappa shape index (κ1) is 20.2. The van der Waals surface area contributed by atoms with Gasteiger partial charge in [-0.25, -0.2) is 19.1 Å². The second-order valence-corrected chi connectivity index (χ2v) is 8.27. The van der Waals surface area contributed by atoms with Crippen molar-refractivity contribution in [3.63, 3.8) is 0 Å². The molecule has 0 saturated carbocycles. The molecule has 1 aliphatic heterocycles. The van der Waals surface area contributed by atoms with Crippen LogP contribution in [0.25, 0.3) is 11.2 Å². The topological polar surface area (TPSA) is 227 Å². The summed E-state index contributed by atoms with van der Waals surface area (Å²) in [7, 11) is -10.5. The molecule has 27 heavy (non-hydrogen) atoms. The van der Waals surface area contributed by atoms with Gasteiger partial charge in [0.2, 0.25) is 0 Å². The third kappa shape index (κ3) is 4.33. The van der Waals surface area contributed by atoms with E-state index in [4.69, 9.17) is 14.5 Å². The Morgan fingerprint density at radius 3 is 2.59 bits per heavy atom. The average Bonchev–Trinajstić information content (AvgIpc) is 3.07. The molecule has 3 heterocycles. The summed E-state index contributed by atoms with van der Waals surface area (Å²) < 4.78 is 36.6. The lowest BCUT2D eigenvalue weighted by Gasteiger charge is -2.17. The fourth-order valence-corrected chi connectivity index (χ4v) is 4.07. The van der Waals surface area contributed by atoms with Crippen molar-refractivity contribution in [3.8, 4) is 0 Å². The average molecular weight is 428 g/mol. The number of aliphatic hydroxyl groups is 2. The molecule has 0 aromatic carbocycles. The predicted octanol–water partition coefficient (Wildman–Crippen LogP) is -2.03. The van der Waals surface area contributed by atoms with Crippen LogP contribution >= 0.6 is 15.6 Å². The number of aromatic nitrogens is 4. The number of aromatic amines is 1. The van der Waals surface area contributed by atoms with E-state index in [1.807, 2.05) is 0 Å². The first-order chi connectivity index (χ1) is 12.5. The lowest BCUT2D eigenvalue weighted by Crippen LogP contribution is -2.33. The molecule has 1 unspecified atom stereocenters. The van der Waals surface area contributed by atoms with Crippen molar-refractivity contribution in [1.82, 2.24) is 19.5 Å². The van der Waals surface area contributed by atoms with Gasteiger partial charge in [0.1, 0.15) is 18.3 Å². The van der Waals surface area contributed by atoms with Gasteiger partial charge >= 0.3 is 15.6 Å². The van der Waals surface area contributed by atoms with Gasteiger partial charge in [-0.3, -0.25) is 13.9 Å². The molecule has 0 bridgehead atoms. The summed E-state index contributed by atoms with van der Waals surface area (Å²) in [6.45, 7) is -0.844. The van der Waals surface area contributed by atoms with Crippen LogP contribution in [0.4, 0.5) is 0 Å². The van der Waals surface area contributed by atoms with Gasteiger partial charge in [-0.15, -0.1) is 0 Å². The summed E-state index contributed by atoms with van der Waals surface area (Å²) in [5, 5.41) is 20.2. The van der Waals surface area contributed by atoms with Crippen LogP contribution in [0.3, 0.4) is 0 Å². The summed E-state index contributed by atoms with van der Waals surface area (Å²) >= 11 is 0. The Bertz CT molecular complexity index is 985. The maximum atomic E-state index is 11.7. The van der Waals surface area contributed by atoms with E-state index >= 15 is 0 Å². The molecule has 1 fully saturated rings. The highest BCUT2D eigenvalue weighted by Crippen LogP contribution is 2.57. The van der Waals surface area contributed by atoms with Crippen molar-refractivity contribution in [2.24, 2.45) is 0 Å². The van der Waals surface area contributed by atoms with Crippen LogP contribution in [0.1, 0.15) is 6.23 Å². The maximum Gasteiger partial charge on any atom is 0.481 e. The number of nitrogens with zero attached hydrogens (tertiary/aromatic N) is 3. The predicted molar refractivity (Wildman–Crippen MR) is 83.0 cm³/mol. The lowest BCUT2D eigenvalue weighted by molar-refractivity contribution is -0.0503. The highest BCUT2D eigenvalue weighted by molar-refractivity contribution is 7.60. The molecule has 0 spiro atoms. The lowest BCUT2D eigenvalue weighted by atomic mass is 10.1. The summed E-state index contributed by atoms with van der Waals surface area (Å²) in [4.78, 5) is 48.0. The summed E-state index contributed by atoms with van der Waals surface area (Å²) in [5.74, 6) is 0. The number of ether oxygens (including phenoxy) is 1. The summed E-state index contributed by atoms with van der Waals surface area (Å²) in [6.07, 6.45) is -3.56. The number of rotatable bonds is 6. The fraction of sp³-hybridized carbons (Fsp3) is 0.500. The van der Waals surface area contributed by atoms with Crippen LogP contribution in [0.15, 0.2) is 17.4 Å². The zero-order valence-electron chi connectivity index (χ0n) is 13.1. The summed E-state index contributed by atoms with van der Waals surface area (Å²) in [5.41, 5.74) is -0.533. The molecule has 1 aliphatic rings. The molecule has 0 radical (unpaired) electrons. The van der Waals surface area contributed by atoms with Gasteiger partial charge in [-0.2, -0.15) is 4.31 Å². The van der Waals surface area contributed by atoms with E-state index in [0.717, 1.165) is 12.7 Å². The van der Waals surface area contributed by atoms with Crippen molar-refractivity contribution < 1.29 is 47.6 Å². The van der Waals surface area contributed by atoms with E-state index in [1.165, 1.54) is 4.57 Å². The van der Waals surface area contributed by atoms with Crippen LogP contribution < -0.4 is 5.56 Å². The zero-order valence-corrected chi connectivity index (χ0v) is 14.9. The molecular formula is C10H14N4O11P2. The molecular weight excluding hydrogens is 414 g/mol. The van der Waals surface area contributed by atoms with Crippen molar-refractivity contribution in [3.05, 3.63) is 23.0 Å². The van der Waals surface area contributed by atoms with E-state index in [0.29, 0.717) is 0 Å². The standard InChI is InChI=1S/C10H14N4O11P2/c15-6-4(1-23-27(21,22)25-26(18,19)20)24-10(7(6)16)14-3-13-5-8(14)11-2-12-9(5)17/h2-4,6-7,10,15-16H,1H2,(H,21,22)(H,11,12,17)(H2,18,19,20)/t4-,6-,7-,10-/m0/s1. The molecule has 1 saturated heterocycles. The van der Waals surface area contributed by atoms with E-state index in [-0.39, 0.29) is 11.2 Å². The smallest absolute Gasteiger partial charge is 0.387 e. The molecule has 15 nitrogen and oxygen atoms in total. The van der Waals surface area contributed by atoms with Gasteiger partial charge in [-0.1, -0.05) is 0 Å². The number of H-pyrrole nitrogens is 1. The second-order valence-electron chi connectivity index (χ2n) is 5.44. The van der Waals surface area contributed by atoms with Crippen LogP contribution in [0.5, 0.6) is 0 Å². The molecule has 0 amide bonds. The SMILES string of the molecule is O=c1[nH]cnc2c1ncn2[C@H]1O[C@@H](COP(=O)(O)OP(=O)(O)O)[C@H](O)[C@@H]1O. The van der Waals surface area contributed by atoms with Gasteiger partial charge in [-0.05, 0) is 0 Å². The molecule has 2 aromatic heterocycles. The molecule has 5 atom stereocenters. The number of fused-ring (bicyclic) bond motifs is 1. The minimum atomic E-state index is -5.30. The van der Waals surface area contributed by atoms with Crippen LogP contribution in [0, 0.1) is 0 Å². The van der Waals surface area contributed by atoms with E-state index in [2.05, 4.69) is 23.8 Å². The fourth-order valence-electron chi connectivity index (χ4n) is 2.47. The Hall–Kier alpha value is -1.51. The molecule has 3 rings (SSSR count). The highest BCUT2D eigenvalue weighted by Gasteiger charge is 2.46. The Morgan fingerprint density at radius 2 is 1.93 bits per heavy atom. The number of nitrogens with one attached hydrogen (secondary N) is 1. The monoisotopic (exact) mass is 428 g/mol. The Labute approximate surface area is 149 Å². The first-order valence-electron chi connectivity index (χ1n) is 7.14. The third-order valence-electron chi connectivity index (χ3n) is 3.59. The third-order valence-corrected chi connectivity index (χ3v) is 5.74. The van der Waals surface area contributed by atoms with Crippen molar-refractivity contribution in [2.45, 2.75) is 24.5 Å². The quantitative estimate of drug-likeness (QED) is 0.273. The normalized spacial score (nSPS) is 28.5. The zero-order chi connectivity index (χ0) is 20.0. The molecule has 17 heteroatoms.